The molecule has 0 aromatic rings. The van der Waals surface area contributed by atoms with Crippen molar-refractivity contribution < 1.29 is 28.5 Å². The molecule has 0 aliphatic rings. The standard InChI is InChI=1S/C11H22O4S.C4H10O2/c1-11(2,10(12)15-5)8-16-7-9(14-4)6-13-3;1-5-3-4-6-2/h9H,6-8H2,1-5H3;3-4H2,1-2H3. The summed E-state index contributed by atoms with van der Waals surface area (Å²) in [7, 11) is 8.03. The van der Waals surface area contributed by atoms with Crippen LogP contribution in [0.3, 0.4) is 0 Å². The monoisotopic (exact) mass is 340 g/mol. The zero-order valence-electron chi connectivity index (χ0n) is 15.0. The van der Waals surface area contributed by atoms with E-state index in [2.05, 4.69) is 9.47 Å². The number of hydrogen-bond donors (Lipinski definition) is 0. The lowest BCUT2D eigenvalue weighted by molar-refractivity contribution is -0.149. The predicted molar refractivity (Wildman–Crippen MR) is 89.5 cm³/mol. The second kappa shape index (κ2) is 15.6. The lowest BCUT2D eigenvalue weighted by Crippen LogP contribution is -2.29. The van der Waals surface area contributed by atoms with Gasteiger partial charge in [-0.3, -0.25) is 4.79 Å². The maximum Gasteiger partial charge on any atom is 0.312 e. The van der Waals surface area contributed by atoms with Gasteiger partial charge in [-0.15, -0.1) is 0 Å². The molecule has 0 aromatic heterocycles. The van der Waals surface area contributed by atoms with E-state index in [1.807, 2.05) is 13.8 Å². The van der Waals surface area contributed by atoms with Crippen LogP contribution < -0.4 is 0 Å². The first kappa shape index (κ1) is 23.9. The van der Waals surface area contributed by atoms with Crippen LogP contribution in [0.1, 0.15) is 13.8 Å². The van der Waals surface area contributed by atoms with Gasteiger partial charge in [0.2, 0.25) is 0 Å². The van der Waals surface area contributed by atoms with E-state index in [1.165, 1.54) is 7.11 Å². The Bertz CT molecular complexity index is 256. The topological polar surface area (TPSA) is 63.2 Å². The number of rotatable bonds is 11. The average molecular weight is 340 g/mol. The summed E-state index contributed by atoms with van der Waals surface area (Å²) in [5.41, 5.74) is -0.454. The summed E-state index contributed by atoms with van der Waals surface area (Å²) in [6, 6.07) is 0. The highest BCUT2D eigenvalue weighted by Crippen LogP contribution is 2.24. The zero-order valence-corrected chi connectivity index (χ0v) is 15.8. The lowest BCUT2D eigenvalue weighted by Gasteiger charge is -2.22. The van der Waals surface area contributed by atoms with Gasteiger partial charge in [0.15, 0.2) is 0 Å². The molecule has 0 aliphatic carbocycles. The van der Waals surface area contributed by atoms with Crippen LogP contribution >= 0.6 is 11.8 Å². The van der Waals surface area contributed by atoms with Crippen molar-refractivity contribution in [3.05, 3.63) is 0 Å². The first-order chi connectivity index (χ1) is 10.4. The molecule has 22 heavy (non-hydrogen) atoms. The molecular formula is C15H32O6S. The smallest absolute Gasteiger partial charge is 0.312 e. The van der Waals surface area contributed by atoms with E-state index in [0.717, 1.165) is 5.75 Å². The summed E-state index contributed by atoms with van der Waals surface area (Å²) in [4.78, 5) is 11.4. The molecule has 0 saturated carbocycles. The van der Waals surface area contributed by atoms with Gasteiger partial charge in [0.05, 0.1) is 38.4 Å². The fraction of sp³-hybridized carbons (Fsp3) is 0.933. The second-order valence-electron chi connectivity index (χ2n) is 5.19. The third kappa shape index (κ3) is 13.3. The summed E-state index contributed by atoms with van der Waals surface area (Å²) in [6.45, 7) is 5.71. The lowest BCUT2D eigenvalue weighted by atomic mass is 9.97. The van der Waals surface area contributed by atoms with Crippen molar-refractivity contribution in [3.63, 3.8) is 0 Å². The Kier molecular flexibility index (Phi) is 16.9. The predicted octanol–water partition coefficient (Wildman–Crippen LogP) is 1.86. The molecule has 0 rings (SSSR count). The van der Waals surface area contributed by atoms with Gasteiger partial charge in [-0.05, 0) is 13.8 Å². The summed E-state index contributed by atoms with van der Waals surface area (Å²) in [6.07, 6.45) is 0.0726. The van der Waals surface area contributed by atoms with Gasteiger partial charge in [-0.25, -0.2) is 0 Å². The molecular weight excluding hydrogens is 308 g/mol. The van der Waals surface area contributed by atoms with E-state index in [9.17, 15) is 4.79 Å². The molecule has 6 nitrogen and oxygen atoms in total. The Labute approximate surface area is 139 Å². The molecule has 0 radical (unpaired) electrons. The van der Waals surface area contributed by atoms with E-state index in [-0.39, 0.29) is 12.1 Å². The normalized spacial score (nSPS) is 12.3. The first-order valence-electron chi connectivity index (χ1n) is 7.05. The Morgan fingerprint density at radius 2 is 1.55 bits per heavy atom. The van der Waals surface area contributed by atoms with Crippen LogP contribution in [0.5, 0.6) is 0 Å². The third-order valence-electron chi connectivity index (χ3n) is 2.68. The highest BCUT2D eigenvalue weighted by atomic mass is 32.2. The number of carbonyl (C=O) groups excluding carboxylic acids is 1. The van der Waals surface area contributed by atoms with Gasteiger partial charge in [-0.2, -0.15) is 11.8 Å². The highest BCUT2D eigenvalue weighted by molar-refractivity contribution is 7.99. The summed E-state index contributed by atoms with van der Waals surface area (Å²) in [5.74, 6) is 1.34. The van der Waals surface area contributed by atoms with E-state index in [0.29, 0.717) is 25.6 Å². The van der Waals surface area contributed by atoms with Crippen LogP contribution in [0.4, 0.5) is 0 Å². The van der Waals surface area contributed by atoms with E-state index < -0.39 is 5.41 Å². The number of methoxy groups -OCH3 is 5. The number of carbonyl (C=O) groups is 1. The quantitative estimate of drug-likeness (QED) is 0.420. The molecule has 0 aromatic carbocycles. The summed E-state index contributed by atoms with van der Waals surface area (Å²) < 4.78 is 24.3. The number of esters is 1. The molecule has 1 atom stereocenters. The summed E-state index contributed by atoms with van der Waals surface area (Å²) in [5, 5.41) is 0. The van der Waals surface area contributed by atoms with Gasteiger partial charge in [0.25, 0.3) is 0 Å². The number of ether oxygens (including phenoxy) is 5. The largest absolute Gasteiger partial charge is 0.469 e. The van der Waals surface area contributed by atoms with Crippen LogP contribution in [0, 0.1) is 5.41 Å². The van der Waals surface area contributed by atoms with Gasteiger partial charge >= 0.3 is 5.97 Å². The average Bonchev–Trinajstić information content (AvgIpc) is 2.51. The number of thioether (sulfide) groups is 1. The Morgan fingerprint density at radius 3 is 1.91 bits per heavy atom. The Hall–Kier alpha value is -0.340. The fourth-order valence-corrected chi connectivity index (χ4v) is 2.56. The van der Waals surface area contributed by atoms with Crippen molar-refractivity contribution in [1.29, 1.82) is 0 Å². The van der Waals surface area contributed by atoms with Gasteiger partial charge < -0.3 is 23.7 Å². The molecule has 0 saturated heterocycles. The molecule has 0 spiro atoms. The maximum atomic E-state index is 11.4. The molecule has 134 valence electrons. The van der Waals surface area contributed by atoms with E-state index >= 15 is 0 Å². The zero-order chi connectivity index (χ0) is 17.4. The fourth-order valence-electron chi connectivity index (χ4n) is 1.32. The van der Waals surface area contributed by atoms with Crippen molar-refractivity contribution >= 4 is 17.7 Å². The summed E-state index contributed by atoms with van der Waals surface area (Å²) >= 11 is 1.67. The van der Waals surface area contributed by atoms with Gasteiger partial charge in [0, 0.05) is 39.9 Å². The first-order valence-corrected chi connectivity index (χ1v) is 8.20. The molecule has 0 bridgehead atoms. The van der Waals surface area contributed by atoms with Crippen LogP contribution in [-0.2, 0) is 28.5 Å². The van der Waals surface area contributed by atoms with Crippen LogP contribution in [0.25, 0.3) is 0 Å². The highest BCUT2D eigenvalue weighted by Gasteiger charge is 2.28. The third-order valence-corrected chi connectivity index (χ3v) is 4.22. The molecule has 0 fully saturated rings. The van der Waals surface area contributed by atoms with Crippen LogP contribution in [0.2, 0.25) is 0 Å². The Morgan fingerprint density at radius 1 is 1.00 bits per heavy atom. The SMILES string of the molecule is COCC(CSCC(C)(C)C(=O)OC)OC.COCCOC. The minimum absolute atomic E-state index is 0.0726. The molecule has 0 amide bonds. The van der Waals surface area contributed by atoms with Gasteiger partial charge in [-0.1, -0.05) is 0 Å². The van der Waals surface area contributed by atoms with Crippen molar-refractivity contribution in [3.8, 4) is 0 Å². The van der Waals surface area contributed by atoms with Crippen molar-refractivity contribution in [2.45, 2.75) is 20.0 Å². The molecule has 0 heterocycles. The van der Waals surface area contributed by atoms with Crippen LogP contribution in [-0.4, -0.2) is 78.9 Å². The van der Waals surface area contributed by atoms with Crippen molar-refractivity contribution in [2.24, 2.45) is 5.41 Å². The van der Waals surface area contributed by atoms with Crippen molar-refractivity contribution in [2.75, 3.05) is 66.9 Å². The minimum Gasteiger partial charge on any atom is -0.469 e. The Balaban J connectivity index is 0. The number of hydrogen-bond acceptors (Lipinski definition) is 7. The van der Waals surface area contributed by atoms with Gasteiger partial charge in [0.1, 0.15) is 0 Å². The molecule has 0 aliphatic heterocycles. The van der Waals surface area contributed by atoms with E-state index in [1.54, 1.807) is 40.2 Å². The van der Waals surface area contributed by atoms with Crippen LogP contribution in [0.15, 0.2) is 0 Å². The van der Waals surface area contributed by atoms with Crippen molar-refractivity contribution in [1.82, 2.24) is 0 Å². The maximum absolute atomic E-state index is 11.4. The molecule has 1 unspecified atom stereocenters. The molecule has 0 N–H and O–H groups in total. The minimum atomic E-state index is -0.454. The second-order valence-corrected chi connectivity index (χ2v) is 6.22. The molecule has 7 heteroatoms. The van der Waals surface area contributed by atoms with E-state index in [4.69, 9.17) is 14.2 Å².